The van der Waals surface area contributed by atoms with Crippen molar-refractivity contribution < 1.29 is 9.53 Å². The van der Waals surface area contributed by atoms with Crippen LogP contribution in [0.15, 0.2) is 42.7 Å². The van der Waals surface area contributed by atoms with Crippen LogP contribution in [-0.4, -0.2) is 34.0 Å². The number of amides is 1. The van der Waals surface area contributed by atoms with Gasteiger partial charge >= 0.3 is 0 Å². The van der Waals surface area contributed by atoms with Crippen LogP contribution in [0, 0.1) is 6.92 Å². The molecule has 120 valence electrons. The van der Waals surface area contributed by atoms with Gasteiger partial charge in [-0.25, -0.2) is 15.0 Å². The van der Waals surface area contributed by atoms with Crippen molar-refractivity contribution in [3.63, 3.8) is 0 Å². The smallest absolute Gasteiger partial charge is 0.270 e. The highest BCUT2D eigenvalue weighted by atomic mass is 32.1. The molecule has 2 aromatic heterocycles. The number of aromatic nitrogens is 3. The van der Waals surface area contributed by atoms with Gasteiger partial charge < -0.3 is 9.64 Å². The van der Waals surface area contributed by atoms with E-state index in [2.05, 4.69) is 15.0 Å². The van der Waals surface area contributed by atoms with Gasteiger partial charge in [0.25, 0.3) is 5.91 Å². The Morgan fingerprint density at radius 1 is 1.21 bits per heavy atom. The molecule has 0 N–H and O–H groups in total. The van der Waals surface area contributed by atoms with E-state index < -0.39 is 0 Å². The zero-order valence-corrected chi connectivity index (χ0v) is 13.8. The molecular weight excluding hydrogens is 324 g/mol. The lowest BCUT2D eigenvalue weighted by Crippen LogP contribution is -2.37. The van der Waals surface area contributed by atoms with Crippen LogP contribution in [0.4, 0.5) is 5.69 Å². The van der Waals surface area contributed by atoms with E-state index in [0.717, 1.165) is 11.4 Å². The van der Waals surface area contributed by atoms with Crippen LogP contribution in [0.25, 0.3) is 10.8 Å². The summed E-state index contributed by atoms with van der Waals surface area (Å²) in [5, 5.41) is 0.651. The van der Waals surface area contributed by atoms with Crippen molar-refractivity contribution in [3.05, 3.63) is 53.3 Å². The number of benzene rings is 1. The summed E-state index contributed by atoms with van der Waals surface area (Å²) in [4.78, 5) is 28.3. The maximum atomic E-state index is 13.0. The number of anilines is 1. The Balaban J connectivity index is 1.70. The molecule has 6 nitrogen and oxygen atoms in total. The number of para-hydroxylation sites is 2. The van der Waals surface area contributed by atoms with E-state index in [1.807, 2.05) is 31.2 Å². The zero-order chi connectivity index (χ0) is 16.5. The van der Waals surface area contributed by atoms with Crippen molar-refractivity contribution in [1.82, 2.24) is 15.0 Å². The fourth-order valence-corrected chi connectivity index (χ4v) is 3.57. The van der Waals surface area contributed by atoms with Gasteiger partial charge in [-0.1, -0.05) is 12.1 Å². The number of hydrogen-bond donors (Lipinski definition) is 0. The molecule has 0 fully saturated rings. The first kappa shape index (κ1) is 14.8. The molecule has 1 aliphatic heterocycles. The van der Waals surface area contributed by atoms with E-state index in [1.165, 1.54) is 11.3 Å². The Labute approximate surface area is 142 Å². The molecule has 0 bridgehead atoms. The number of ether oxygens (including phenoxy) is 1. The topological polar surface area (TPSA) is 68.2 Å². The number of carbonyl (C=O) groups is 1. The molecule has 3 aromatic rings. The fourth-order valence-electron chi connectivity index (χ4n) is 2.60. The Hall–Kier alpha value is -2.80. The largest absolute Gasteiger partial charge is 0.490 e. The summed E-state index contributed by atoms with van der Waals surface area (Å²) in [6.07, 6.45) is 3.33. The second kappa shape index (κ2) is 6.01. The number of nitrogens with zero attached hydrogens (tertiary/aromatic N) is 4. The number of rotatable bonds is 2. The Morgan fingerprint density at radius 3 is 2.83 bits per heavy atom. The van der Waals surface area contributed by atoms with Crippen molar-refractivity contribution in [2.45, 2.75) is 6.92 Å². The fraction of sp³-hybridized carbons (Fsp3) is 0.176. The molecule has 24 heavy (non-hydrogen) atoms. The lowest BCUT2D eigenvalue weighted by molar-refractivity contribution is 0.0979. The Kier molecular flexibility index (Phi) is 3.70. The number of carbonyl (C=O) groups excluding carboxylic acids is 1. The predicted octanol–water partition coefficient (Wildman–Crippen LogP) is 2.95. The van der Waals surface area contributed by atoms with Crippen LogP contribution in [-0.2, 0) is 0 Å². The molecule has 7 heteroatoms. The summed E-state index contributed by atoms with van der Waals surface area (Å²) in [6.45, 7) is 2.84. The summed E-state index contributed by atoms with van der Waals surface area (Å²) in [6, 6.07) is 9.31. The molecule has 3 heterocycles. The second-order valence-corrected chi connectivity index (χ2v) is 6.28. The van der Waals surface area contributed by atoms with Crippen molar-refractivity contribution in [1.29, 1.82) is 0 Å². The van der Waals surface area contributed by atoms with Crippen LogP contribution in [0.1, 0.15) is 15.4 Å². The van der Waals surface area contributed by atoms with E-state index in [4.69, 9.17) is 4.74 Å². The van der Waals surface area contributed by atoms with E-state index in [1.54, 1.807) is 23.4 Å². The number of hydrogen-bond acceptors (Lipinski definition) is 6. The van der Waals surface area contributed by atoms with E-state index in [-0.39, 0.29) is 5.91 Å². The molecule has 1 amide bonds. The minimum Gasteiger partial charge on any atom is -0.490 e. The number of fused-ring (bicyclic) bond motifs is 1. The molecule has 0 unspecified atom stereocenters. The minimum absolute atomic E-state index is 0.0667. The first-order chi connectivity index (χ1) is 11.7. The number of thiazole rings is 1. The maximum Gasteiger partial charge on any atom is 0.270 e. The molecular formula is C17H14N4O2S. The van der Waals surface area contributed by atoms with Gasteiger partial charge in [0.2, 0.25) is 0 Å². The van der Waals surface area contributed by atoms with Gasteiger partial charge in [0.05, 0.1) is 17.9 Å². The van der Waals surface area contributed by atoms with E-state index in [9.17, 15) is 4.79 Å². The van der Waals surface area contributed by atoms with Crippen LogP contribution >= 0.6 is 11.3 Å². The minimum atomic E-state index is -0.0667. The molecule has 0 radical (unpaired) electrons. The van der Waals surface area contributed by atoms with Gasteiger partial charge in [-0.05, 0) is 25.1 Å². The summed E-state index contributed by atoms with van der Waals surface area (Å²) < 4.78 is 5.62. The third kappa shape index (κ3) is 2.52. The molecule has 0 atom stereocenters. The second-order valence-electron chi connectivity index (χ2n) is 5.28. The normalized spacial score (nSPS) is 13.3. The molecule has 4 rings (SSSR count). The van der Waals surface area contributed by atoms with Crippen LogP contribution < -0.4 is 9.64 Å². The van der Waals surface area contributed by atoms with Gasteiger partial charge in [0.1, 0.15) is 17.2 Å². The summed E-state index contributed by atoms with van der Waals surface area (Å²) in [5.74, 6) is 1.20. The summed E-state index contributed by atoms with van der Waals surface area (Å²) in [5.41, 5.74) is 1.48. The van der Waals surface area contributed by atoms with Gasteiger partial charge in [-0.3, -0.25) is 4.79 Å². The van der Waals surface area contributed by atoms with Crippen molar-refractivity contribution >= 4 is 22.9 Å². The highest BCUT2D eigenvalue weighted by Crippen LogP contribution is 2.34. The first-order valence-electron chi connectivity index (χ1n) is 7.52. The standard InChI is InChI=1S/C17H14N4O2S/c1-11-14(24-16(20-11)15-18-7-4-8-19-15)17(22)21-9-10-23-13-6-3-2-5-12(13)21/h2-8H,9-10H2,1H3. The Morgan fingerprint density at radius 2 is 2.00 bits per heavy atom. The third-order valence-electron chi connectivity index (χ3n) is 3.72. The molecule has 0 spiro atoms. The zero-order valence-electron chi connectivity index (χ0n) is 13.0. The molecule has 1 aliphatic rings. The van der Waals surface area contributed by atoms with Crippen molar-refractivity contribution in [3.8, 4) is 16.6 Å². The van der Waals surface area contributed by atoms with Crippen LogP contribution in [0.2, 0.25) is 0 Å². The first-order valence-corrected chi connectivity index (χ1v) is 8.34. The lowest BCUT2D eigenvalue weighted by atomic mass is 10.2. The SMILES string of the molecule is Cc1nc(-c2ncccn2)sc1C(=O)N1CCOc2ccccc21. The van der Waals surface area contributed by atoms with E-state index in [0.29, 0.717) is 34.6 Å². The van der Waals surface area contributed by atoms with Crippen LogP contribution in [0.3, 0.4) is 0 Å². The molecule has 0 saturated heterocycles. The molecule has 1 aromatic carbocycles. The summed E-state index contributed by atoms with van der Waals surface area (Å²) in [7, 11) is 0. The van der Waals surface area contributed by atoms with Gasteiger partial charge in [0.15, 0.2) is 10.8 Å². The summed E-state index contributed by atoms with van der Waals surface area (Å²) >= 11 is 1.32. The Bertz CT molecular complexity index is 895. The molecule has 0 saturated carbocycles. The monoisotopic (exact) mass is 338 g/mol. The van der Waals surface area contributed by atoms with Gasteiger partial charge in [0, 0.05) is 12.4 Å². The molecule has 0 aliphatic carbocycles. The lowest BCUT2D eigenvalue weighted by Gasteiger charge is -2.29. The quantitative estimate of drug-likeness (QED) is 0.718. The van der Waals surface area contributed by atoms with Gasteiger partial charge in [-0.2, -0.15) is 0 Å². The average Bonchev–Trinajstić information content (AvgIpc) is 3.03. The average molecular weight is 338 g/mol. The van der Waals surface area contributed by atoms with Crippen LogP contribution in [0.5, 0.6) is 5.75 Å². The third-order valence-corrected chi connectivity index (χ3v) is 4.86. The van der Waals surface area contributed by atoms with Gasteiger partial charge in [-0.15, -0.1) is 11.3 Å². The number of aryl methyl sites for hydroxylation is 1. The van der Waals surface area contributed by atoms with Crippen molar-refractivity contribution in [2.24, 2.45) is 0 Å². The highest BCUT2D eigenvalue weighted by Gasteiger charge is 2.27. The highest BCUT2D eigenvalue weighted by molar-refractivity contribution is 7.17. The maximum absolute atomic E-state index is 13.0. The predicted molar refractivity (Wildman–Crippen MR) is 91.5 cm³/mol. The van der Waals surface area contributed by atoms with E-state index >= 15 is 0 Å². The van der Waals surface area contributed by atoms with Crippen molar-refractivity contribution in [2.75, 3.05) is 18.1 Å².